The number of aromatic nitrogens is 2. The minimum atomic E-state index is -0.232. The molecule has 2 unspecified atom stereocenters. The van der Waals surface area contributed by atoms with Crippen molar-refractivity contribution >= 4 is 22.8 Å². The second kappa shape index (κ2) is 8.17. The molecule has 160 valence electrons. The number of hydrogen-bond donors (Lipinski definition) is 1. The average molecular weight is 417 g/mol. The summed E-state index contributed by atoms with van der Waals surface area (Å²) in [5.74, 6) is 0.388. The highest BCUT2D eigenvalue weighted by Crippen LogP contribution is 2.34. The minimum Gasteiger partial charge on any atom is -0.360 e. The van der Waals surface area contributed by atoms with Crippen molar-refractivity contribution in [3.8, 4) is 0 Å². The summed E-state index contributed by atoms with van der Waals surface area (Å²) in [6.45, 7) is 4.03. The summed E-state index contributed by atoms with van der Waals surface area (Å²) >= 11 is 0. The summed E-state index contributed by atoms with van der Waals surface area (Å²) in [6, 6.07) is 14.0. The quantitative estimate of drug-likeness (QED) is 0.702. The summed E-state index contributed by atoms with van der Waals surface area (Å²) in [5.41, 5.74) is 4.46. The van der Waals surface area contributed by atoms with Crippen LogP contribution in [-0.4, -0.2) is 51.2 Å². The van der Waals surface area contributed by atoms with E-state index in [1.54, 1.807) is 0 Å². The Morgan fingerprint density at radius 1 is 1.13 bits per heavy atom. The molecule has 2 atom stereocenters. The summed E-state index contributed by atoms with van der Waals surface area (Å²) in [7, 11) is 0. The van der Waals surface area contributed by atoms with Gasteiger partial charge in [0.25, 0.3) is 0 Å². The number of carbonyl (C=O) groups excluding carboxylic acids is 2. The van der Waals surface area contributed by atoms with E-state index >= 15 is 0 Å². The SMILES string of the molecule is CC(c1ccccc1)N1CC(C(=O)N2CCC(c3c[nH]c4cccnc34)CC2)CC1=O. The molecule has 6 nitrogen and oxygen atoms in total. The zero-order valence-corrected chi connectivity index (χ0v) is 17.8. The maximum atomic E-state index is 13.2. The fourth-order valence-electron chi connectivity index (χ4n) is 5.14. The molecule has 2 aliphatic heterocycles. The van der Waals surface area contributed by atoms with Crippen molar-refractivity contribution in [1.29, 1.82) is 0 Å². The van der Waals surface area contributed by atoms with Crippen molar-refractivity contribution in [3.05, 3.63) is 66.0 Å². The Morgan fingerprint density at radius 2 is 1.90 bits per heavy atom. The maximum absolute atomic E-state index is 13.2. The standard InChI is InChI=1S/C25H28N4O2/c1-17(18-6-3-2-4-7-18)29-16-20(14-23(29)30)25(31)28-12-9-19(10-13-28)21-15-27-22-8-5-11-26-24(21)22/h2-8,11,15,17,19-20,27H,9-10,12-14,16H2,1H3. The van der Waals surface area contributed by atoms with Gasteiger partial charge in [-0.25, -0.2) is 0 Å². The van der Waals surface area contributed by atoms with E-state index in [-0.39, 0.29) is 23.8 Å². The molecule has 0 spiro atoms. The average Bonchev–Trinajstić information content (AvgIpc) is 3.42. The Bertz CT molecular complexity index is 1090. The number of benzene rings is 1. The second-order valence-corrected chi connectivity index (χ2v) is 8.78. The van der Waals surface area contributed by atoms with Crippen LogP contribution in [0.2, 0.25) is 0 Å². The fourth-order valence-corrected chi connectivity index (χ4v) is 5.14. The van der Waals surface area contributed by atoms with Crippen LogP contribution in [0.25, 0.3) is 11.0 Å². The molecule has 2 aromatic heterocycles. The largest absolute Gasteiger partial charge is 0.360 e. The monoisotopic (exact) mass is 416 g/mol. The molecule has 0 radical (unpaired) electrons. The van der Waals surface area contributed by atoms with Gasteiger partial charge in [-0.2, -0.15) is 0 Å². The first-order valence-corrected chi connectivity index (χ1v) is 11.2. The van der Waals surface area contributed by atoms with Crippen LogP contribution in [0.4, 0.5) is 0 Å². The lowest BCUT2D eigenvalue weighted by Gasteiger charge is -2.33. The summed E-state index contributed by atoms with van der Waals surface area (Å²) < 4.78 is 0. The molecule has 0 aliphatic carbocycles. The van der Waals surface area contributed by atoms with Crippen LogP contribution in [-0.2, 0) is 9.59 Å². The van der Waals surface area contributed by atoms with Gasteiger partial charge in [-0.1, -0.05) is 30.3 Å². The van der Waals surface area contributed by atoms with Gasteiger partial charge in [0.15, 0.2) is 0 Å². The van der Waals surface area contributed by atoms with Crippen LogP contribution in [0.5, 0.6) is 0 Å². The summed E-state index contributed by atoms with van der Waals surface area (Å²) in [6.07, 6.45) is 6.08. The highest BCUT2D eigenvalue weighted by Gasteiger charge is 2.39. The Hall–Kier alpha value is -3.15. The smallest absolute Gasteiger partial charge is 0.227 e. The zero-order valence-electron chi connectivity index (χ0n) is 17.8. The number of hydrogen-bond acceptors (Lipinski definition) is 3. The van der Waals surface area contributed by atoms with Crippen molar-refractivity contribution in [2.24, 2.45) is 5.92 Å². The lowest BCUT2D eigenvalue weighted by Crippen LogP contribution is -2.42. The van der Waals surface area contributed by atoms with E-state index in [4.69, 9.17) is 0 Å². The number of nitrogens with one attached hydrogen (secondary N) is 1. The lowest BCUT2D eigenvalue weighted by molar-refractivity contribution is -0.136. The molecule has 31 heavy (non-hydrogen) atoms. The number of piperidine rings is 1. The molecular weight excluding hydrogens is 388 g/mol. The van der Waals surface area contributed by atoms with Gasteiger partial charge in [-0.15, -0.1) is 0 Å². The predicted octanol–water partition coefficient (Wildman–Crippen LogP) is 3.88. The molecule has 3 aromatic rings. The van der Waals surface area contributed by atoms with Gasteiger partial charge in [-0.3, -0.25) is 14.6 Å². The number of amides is 2. The van der Waals surface area contributed by atoms with Crippen molar-refractivity contribution in [1.82, 2.24) is 19.8 Å². The molecule has 2 aliphatic rings. The normalized spacial score (nSPS) is 21.1. The Labute approximate surface area is 182 Å². The lowest BCUT2D eigenvalue weighted by atomic mass is 9.89. The molecule has 2 amide bonds. The Kier molecular flexibility index (Phi) is 5.22. The van der Waals surface area contributed by atoms with Gasteiger partial charge >= 0.3 is 0 Å². The number of fused-ring (bicyclic) bond motifs is 1. The topological polar surface area (TPSA) is 69.3 Å². The third-order valence-corrected chi connectivity index (χ3v) is 6.97. The van der Waals surface area contributed by atoms with Crippen LogP contribution >= 0.6 is 0 Å². The summed E-state index contributed by atoms with van der Waals surface area (Å²) in [4.78, 5) is 37.5. The highest BCUT2D eigenvalue weighted by atomic mass is 16.2. The first kappa shape index (κ1) is 19.8. The molecule has 0 saturated carbocycles. The summed E-state index contributed by atoms with van der Waals surface area (Å²) in [5, 5.41) is 0. The van der Waals surface area contributed by atoms with Crippen LogP contribution < -0.4 is 0 Å². The van der Waals surface area contributed by atoms with Crippen molar-refractivity contribution in [2.75, 3.05) is 19.6 Å². The Morgan fingerprint density at radius 3 is 2.68 bits per heavy atom. The van der Waals surface area contributed by atoms with Crippen LogP contribution in [0, 0.1) is 5.92 Å². The minimum absolute atomic E-state index is 0.00777. The van der Waals surface area contributed by atoms with E-state index in [2.05, 4.69) is 16.2 Å². The number of nitrogens with zero attached hydrogens (tertiary/aromatic N) is 3. The van der Waals surface area contributed by atoms with Crippen LogP contribution in [0.1, 0.15) is 49.3 Å². The first-order valence-electron chi connectivity index (χ1n) is 11.2. The number of carbonyl (C=O) groups is 2. The zero-order chi connectivity index (χ0) is 21.4. The Balaban J connectivity index is 1.21. The van der Waals surface area contributed by atoms with Crippen molar-refractivity contribution in [2.45, 2.75) is 38.1 Å². The molecule has 5 rings (SSSR count). The number of likely N-dealkylation sites (tertiary alicyclic amines) is 2. The number of aromatic amines is 1. The van der Waals surface area contributed by atoms with Crippen molar-refractivity contribution < 1.29 is 9.59 Å². The third-order valence-electron chi connectivity index (χ3n) is 6.97. The first-order chi connectivity index (χ1) is 15.1. The van der Waals surface area contributed by atoms with E-state index in [9.17, 15) is 9.59 Å². The molecule has 1 aromatic carbocycles. The fraction of sp³-hybridized carbons (Fsp3) is 0.400. The number of H-pyrrole nitrogens is 1. The molecule has 4 heterocycles. The molecule has 2 saturated heterocycles. The number of rotatable bonds is 4. The molecule has 6 heteroatoms. The van der Waals surface area contributed by atoms with Gasteiger partial charge in [0.05, 0.1) is 23.0 Å². The van der Waals surface area contributed by atoms with Crippen LogP contribution in [0.3, 0.4) is 0 Å². The highest BCUT2D eigenvalue weighted by molar-refractivity contribution is 5.89. The maximum Gasteiger partial charge on any atom is 0.227 e. The number of pyridine rings is 1. The van der Waals surface area contributed by atoms with E-state index in [1.807, 2.05) is 65.4 Å². The third kappa shape index (κ3) is 3.71. The van der Waals surface area contributed by atoms with Crippen molar-refractivity contribution in [3.63, 3.8) is 0 Å². The van der Waals surface area contributed by atoms with E-state index in [0.717, 1.165) is 42.5 Å². The van der Waals surface area contributed by atoms with Crippen LogP contribution in [0.15, 0.2) is 54.9 Å². The molecule has 0 bridgehead atoms. The molecule has 1 N–H and O–H groups in total. The van der Waals surface area contributed by atoms with Gasteiger partial charge < -0.3 is 14.8 Å². The van der Waals surface area contributed by atoms with E-state index < -0.39 is 0 Å². The molecule has 2 fully saturated rings. The van der Waals surface area contributed by atoms with Gasteiger partial charge in [0.2, 0.25) is 11.8 Å². The van der Waals surface area contributed by atoms with E-state index in [0.29, 0.717) is 18.9 Å². The second-order valence-electron chi connectivity index (χ2n) is 8.78. The van der Waals surface area contributed by atoms with E-state index in [1.165, 1.54) is 5.56 Å². The van der Waals surface area contributed by atoms with Gasteiger partial charge in [-0.05, 0) is 48.9 Å². The van der Waals surface area contributed by atoms with Gasteiger partial charge in [0, 0.05) is 38.4 Å². The van der Waals surface area contributed by atoms with Gasteiger partial charge in [0.1, 0.15) is 0 Å². The molecular formula is C25H28N4O2. The predicted molar refractivity (Wildman–Crippen MR) is 119 cm³/mol.